The van der Waals surface area contributed by atoms with Crippen molar-refractivity contribution in [1.29, 1.82) is 0 Å². The Labute approximate surface area is 108 Å². The molecule has 0 fully saturated rings. The van der Waals surface area contributed by atoms with Gasteiger partial charge in [0, 0.05) is 24.5 Å². The van der Waals surface area contributed by atoms with Crippen LogP contribution in [0.25, 0.3) is 0 Å². The standard InChI is InChI=1S/C15H20N2O/c1-12(16)15-4-3-10-17(15)11-9-13-5-7-14(18-2)8-6-13/h3-8,10,12H,9,11,16H2,1-2H3. The Kier molecular flexibility index (Phi) is 4.05. The van der Waals surface area contributed by atoms with Gasteiger partial charge in [0.05, 0.1) is 7.11 Å². The lowest BCUT2D eigenvalue weighted by molar-refractivity contribution is 0.414. The normalized spacial score (nSPS) is 12.4. The van der Waals surface area contributed by atoms with E-state index >= 15 is 0 Å². The Balaban J connectivity index is 2.00. The first-order valence-electron chi connectivity index (χ1n) is 6.24. The fourth-order valence-corrected chi connectivity index (χ4v) is 2.09. The third-order valence-electron chi connectivity index (χ3n) is 3.13. The highest BCUT2D eigenvalue weighted by atomic mass is 16.5. The van der Waals surface area contributed by atoms with E-state index in [0.717, 1.165) is 18.7 Å². The molecule has 0 aliphatic rings. The molecule has 0 saturated carbocycles. The van der Waals surface area contributed by atoms with E-state index in [-0.39, 0.29) is 6.04 Å². The fourth-order valence-electron chi connectivity index (χ4n) is 2.09. The van der Waals surface area contributed by atoms with E-state index in [2.05, 4.69) is 29.0 Å². The second-order valence-electron chi connectivity index (χ2n) is 4.51. The molecule has 1 unspecified atom stereocenters. The highest BCUT2D eigenvalue weighted by molar-refractivity contribution is 5.27. The summed E-state index contributed by atoms with van der Waals surface area (Å²) < 4.78 is 7.37. The fraction of sp³-hybridized carbons (Fsp3) is 0.333. The van der Waals surface area contributed by atoms with Crippen LogP contribution in [0.3, 0.4) is 0 Å². The van der Waals surface area contributed by atoms with Gasteiger partial charge in [0.25, 0.3) is 0 Å². The molecule has 3 nitrogen and oxygen atoms in total. The first kappa shape index (κ1) is 12.7. The number of hydrogen-bond acceptors (Lipinski definition) is 2. The summed E-state index contributed by atoms with van der Waals surface area (Å²) in [5.41, 5.74) is 8.42. The molecule has 18 heavy (non-hydrogen) atoms. The molecule has 0 aliphatic heterocycles. The summed E-state index contributed by atoms with van der Waals surface area (Å²) in [6.07, 6.45) is 3.08. The summed E-state index contributed by atoms with van der Waals surface area (Å²) in [4.78, 5) is 0. The number of rotatable bonds is 5. The largest absolute Gasteiger partial charge is 0.497 e. The Morgan fingerprint density at radius 1 is 1.22 bits per heavy atom. The Morgan fingerprint density at radius 3 is 2.56 bits per heavy atom. The minimum absolute atomic E-state index is 0.0795. The van der Waals surface area contributed by atoms with Crippen molar-refractivity contribution in [2.24, 2.45) is 5.73 Å². The topological polar surface area (TPSA) is 40.2 Å². The predicted octanol–water partition coefficient (Wildman–Crippen LogP) is 2.76. The van der Waals surface area contributed by atoms with Gasteiger partial charge >= 0.3 is 0 Å². The van der Waals surface area contributed by atoms with Gasteiger partial charge in [-0.3, -0.25) is 0 Å². The van der Waals surface area contributed by atoms with Gasteiger partial charge in [-0.2, -0.15) is 0 Å². The highest BCUT2D eigenvalue weighted by Gasteiger charge is 2.05. The van der Waals surface area contributed by atoms with Crippen molar-refractivity contribution >= 4 is 0 Å². The number of ether oxygens (including phenoxy) is 1. The van der Waals surface area contributed by atoms with E-state index in [0.29, 0.717) is 0 Å². The van der Waals surface area contributed by atoms with Crippen LogP contribution in [0.5, 0.6) is 5.75 Å². The molecular weight excluding hydrogens is 224 g/mol. The monoisotopic (exact) mass is 244 g/mol. The molecule has 96 valence electrons. The van der Waals surface area contributed by atoms with Gasteiger partial charge < -0.3 is 15.0 Å². The molecule has 1 atom stereocenters. The van der Waals surface area contributed by atoms with Gasteiger partial charge in [-0.25, -0.2) is 0 Å². The van der Waals surface area contributed by atoms with E-state index in [9.17, 15) is 0 Å². The van der Waals surface area contributed by atoms with Crippen molar-refractivity contribution < 1.29 is 4.74 Å². The van der Waals surface area contributed by atoms with Crippen LogP contribution in [0.15, 0.2) is 42.6 Å². The van der Waals surface area contributed by atoms with Crippen LogP contribution in [0, 0.1) is 0 Å². The number of nitrogens with zero attached hydrogens (tertiary/aromatic N) is 1. The van der Waals surface area contributed by atoms with Crippen LogP contribution in [-0.4, -0.2) is 11.7 Å². The maximum atomic E-state index is 5.93. The molecule has 3 heteroatoms. The summed E-state index contributed by atoms with van der Waals surface area (Å²) in [5, 5.41) is 0. The van der Waals surface area contributed by atoms with Gasteiger partial charge in [0.1, 0.15) is 5.75 Å². The van der Waals surface area contributed by atoms with E-state index < -0.39 is 0 Å². The summed E-state index contributed by atoms with van der Waals surface area (Å²) in [6.45, 7) is 2.97. The minimum atomic E-state index is 0.0795. The third kappa shape index (κ3) is 2.93. The SMILES string of the molecule is COc1ccc(CCn2cccc2C(C)N)cc1. The second-order valence-corrected chi connectivity index (χ2v) is 4.51. The lowest BCUT2D eigenvalue weighted by atomic mass is 10.1. The molecule has 0 saturated heterocycles. The van der Waals surface area contributed by atoms with Gasteiger partial charge in [-0.1, -0.05) is 12.1 Å². The van der Waals surface area contributed by atoms with Crippen molar-refractivity contribution in [3.8, 4) is 5.75 Å². The summed E-state index contributed by atoms with van der Waals surface area (Å²) in [5.74, 6) is 0.899. The number of methoxy groups -OCH3 is 1. The predicted molar refractivity (Wildman–Crippen MR) is 73.7 cm³/mol. The van der Waals surface area contributed by atoms with E-state index in [4.69, 9.17) is 10.5 Å². The first-order chi connectivity index (χ1) is 8.70. The number of hydrogen-bond donors (Lipinski definition) is 1. The van der Waals surface area contributed by atoms with Gasteiger partial charge in [-0.05, 0) is 43.2 Å². The van der Waals surface area contributed by atoms with Crippen LogP contribution in [0.1, 0.15) is 24.2 Å². The number of aryl methyl sites for hydroxylation is 2. The maximum absolute atomic E-state index is 5.93. The molecule has 2 aromatic rings. The molecular formula is C15H20N2O. The number of nitrogens with two attached hydrogens (primary N) is 1. The van der Waals surface area contributed by atoms with Gasteiger partial charge in [0.2, 0.25) is 0 Å². The Bertz CT molecular complexity index is 485. The summed E-state index contributed by atoms with van der Waals surface area (Å²) >= 11 is 0. The van der Waals surface area contributed by atoms with Crippen LogP contribution >= 0.6 is 0 Å². The second kappa shape index (κ2) is 5.74. The third-order valence-corrected chi connectivity index (χ3v) is 3.13. The average Bonchev–Trinajstić information content (AvgIpc) is 2.85. The van der Waals surface area contributed by atoms with Crippen LogP contribution < -0.4 is 10.5 Å². The van der Waals surface area contributed by atoms with Crippen LogP contribution in [0.2, 0.25) is 0 Å². The Morgan fingerprint density at radius 2 is 1.94 bits per heavy atom. The van der Waals surface area contributed by atoms with Crippen molar-refractivity contribution in [2.75, 3.05) is 7.11 Å². The van der Waals surface area contributed by atoms with Crippen molar-refractivity contribution in [1.82, 2.24) is 4.57 Å². The van der Waals surface area contributed by atoms with Crippen LogP contribution in [-0.2, 0) is 13.0 Å². The molecule has 0 bridgehead atoms. The molecule has 2 N–H and O–H groups in total. The number of aromatic nitrogens is 1. The summed E-state index contributed by atoms with van der Waals surface area (Å²) in [7, 11) is 1.68. The lowest BCUT2D eigenvalue weighted by Crippen LogP contribution is -2.12. The molecule has 1 heterocycles. The zero-order valence-electron chi connectivity index (χ0n) is 11.0. The minimum Gasteiger partial charge on any atom is -0.497 e. The van der Waals surface area contributed by atoms with Gasteiger partial charge in [0.15, 0.2) is 0 Å². The first-order valence-corrected chi connectivity index (χ1v) is 6.24. The number of benzene rings is 1. The van der Waals surface area contributed by atoms with E-state index in [1.54, 1.807) is 7.11 Å². The quantitative estimate of drug-likeness (QED) is 0.878. The highest BCUT2D eigenvalue weighted by Crippen LogP contribution is 2.14. The summed E-state index contributed by atoms with van der Waals surface area (Å²) in [6, 6.07) is 12.4. The molecule has 1 aromatic carbocycles. The zero-order chi connectivity index (χ0) is 13.0. The van der Waals surface area contributed by atoms with Gasteiger partial charge in [-0.15, -0.1) is 0 Å². The van der Waals surface area contributed by atoms with Crippen molar-refractivity contribution in [3.05, 3.63) is 53.9 Å². The maximum Gasteiger partial charge on any atom is 0.118 e. The molecule has 0 spiro atoms. The van der Waals surface area contributed by atoms with Crippen LogP contribution in [0.4, 0.5) is 0 Å². The van der Waals surface area contributed by atoms with Crippen molar-refractivity contribution in [3.63, 3.8) is 0 Å². The zero-order valence-corrected chi connectivity index (χ0v) is 11.0. The molecule has 2 rings (SSSR count). The van der Waals surface area contributed by atoms with Crippen molar-refractivity contribution in [2.45, 2.75) is 25.9 Å². The lowest BCUT2D eigenvalue weighted by Gasteiger charge is -2.12. The molecule has 1 aromatic heterocycles. The molecule has 0 radical (unpaired) electrons. The average molecular weight is 244 g/mol. The van der Waals surface area contributed by atoms with E-state index in [1.807, 2.05) is 25.1 Å². The smallest absolute Gasteiger partial charge is 0.118 e. The molecule has 0 amide bonds. The van der Waals surface area contributed by atoms with E-state index in [1.165, 1.54) is 11.3 Å². The molecule has 0 aliphatic carbocycles. The Hall–Kier alpha value is -1.74.